The number of halogens is 7. The number of anilines is 1. The van der Waals surface area contributed by atoms with Gasteiger partial charge in [0.15, 0.2) is 11.5 Å². The van der Waals surface area contributed by atoms with Crippen molar-refractivity contribution in [2.45, 2.75) is 64.3 Å². The van der Waals surface area contributed by atoms with Gasteiger partial charge in [0, 0.05) is 0 Å². The van der Waals surface area contributed by atoms with Gasteiger partial charge in [-0.1, -0.05) is 24.1 Å². The first-order valence-electron chi connectivity index (χ1n) is 14.9. The number of phenolic OH excluding ortho intramolecular Hbond substituents is 1. The number of imide groups is 1. The fourth-order valence-corrected chi connectivity index (χ4v) is 7.60. The summed E-state index contributed by atoms with van der Waals surface area (Å²) < 4.78 is 93.3. The Hall–Kier alpha value is -3.05. The van der Waals surface area contributed by atoms with Gasteiger partial charge in [-0.15, -0.1) is 0 Å². The molecule has 252 valence electrons. The first kappa shape index (κ1) is 35.3. The zero-order valence-corrected chi connectivity index (χ0v) is 27.7. The van der Waals surface area contributed by atoms with E-state index in [1.54, 1.807) is 19.1 Å². The molecule has 2 heterocycles. The Morgan fingerprint density at radius 2 is 1.70 bits per heavy atom. The van der Waals surface area contributed by atoms with Crippen molar-refractivity contribution in [1.82, 2.24) is 0 Å². The van der Waals surface area contributed by atoms with Gasteiger partial charge < -0.3 is 19.5 Å². The van der Waals surface area contributed by atoms with Crippen LogP contribution < -0.4 is 9.64 Å². The van der Waals surface area contributed by atoms with Gasteiger partial charge in [0.1, 0.15) is 0 Å². The summed E-state index contributed by atoms with van der Waals surface area (Å²) in [5, 5.41) is 20.9. The first-order valence-corrected chi connectivity index (χ1v) is 16.0. The molecule has 0 bridgehead atoms. The number of rotatable bonds is 7. The Labute approximate surface area is 280 Å². The van der Waals surface area contributed by atoms with Gasteiger partial charge in [-0.2, -0.15) is 26.3 Å². The van der Waals surface area contributed by atoms with Crippen LogP contribution in [0.5, 0.6) is 11.5 Å². The van der Waals surface area contributed by atoms with E-state index in [2.05, 4.69) is 0 Å². The molecule has 2 aliphatic heterocycles. The summed E-state index contributed by atoms with van der Waals surface area (Å²) >= 11 is 2.00. The van der Waals surface area contributed by atoms with Gasteiger partial charge in [0.2, 0.25) is 11.8 Å². The number of carbonyl (C=O) groups excluding carboxylic acids is 2. The van der Waals surface area contributed by atoms with E-state index in [0.29, 0.717) is 45.6 Å². The van der Waals surface area contributed by atoms with E-state index in [0.717, 1.165) is 22.3 Å². The first-order chi connectivity index (χ1) is 21.9. The number of carbonyl (C=O) groups is 2. The predicted octanol–water partition coefficient (Wildman–Crippen LogP) is 7.64. The molecule has 3 aliphatic rings. The third-order valence-electron chi connectivity index (χ3n) is 9.11. The van der Waals surface area contributed by atoms with Crippen LogP contribution in [0.1, 0.15) is 56.2 Å². The van der Waals surface area contributed by atoms with Crippen LogP contribution in [-0.2, 0) is 26.6 Å². The quantitative estimate of drug-likeness (QED) is 0.0988. The van der Waals surface area contributed by atoms with Crippen LogP contribution in [0, 0.1) is 21.3 Å². The highest BCUT2D eigenvalue weighted by atomic mass is 127. The summed E-state index contributed by atoms with van der Waals surface area (Å²) in [7, 11) is 0.146. The van der Waals surface area contributed by atoms with Crippen molar-refractivity contribution in [2.75, 3.05) is 12.0 Å². The Balaban J connectivity index is 1.44. The molecule has 2 N–H and O–H groups in total. The van der Waals surface area contributed by atoms with Crippen molar-refractivity contribution in [3.05, 3.63) is 67.3 Å². The van der Waals surface area contributed by atoms with Gasteiger partial charge in [-0.3, -0.25) is 9.59 Å². The molecular weight excluding hydrogens is 746 g/mol. The van der Waals surface area contributed by atoms with E-state index in [4.69, 9.17) is 9.39 Å². The van der Waals surface area contributed by atoms with Crippen LogP contribution in [0.2, 0.25) is 6.32 Å². The minimum atomic E-state index is -5.16. The molecule has 0 aromatic heterocycles. The molecule has 15 heteroatoms. The zero-order valence-electron chi connectivity index (χ0n) is 25.5. The molecule has 1 aliphatic carbocycles. The molecule has 7 nitrogen and oxygen atoms in total. The Morgan fingerprint density at radius 1 is 1.06 bits per heavy atom. The normalized spacial score (nSPS) is 23.8. The number of hydrogen-bond acceptors (Lipinski definition) is 6. The minimum absolute atomic E-state index is 0.0318. The molecule has 0 saturated carbocycles. The maximum absolute atomic E-state index is 13.8. The number of phenols is 1. The molecule has 0 radical (unpaired) electrons. The van der Waals surface area contributed by atoms with E-state index < -0.39 is 72.0 Å². The molecule has 2 aromatic rings. The Bertz CT molecular complexity index is 1630. The average Bonchev–Trinajstić information content (AvgIpc) is 3.24. The van der Waals surface area contributed by atoms with E-state index in [1.807, 2.05) is 35.6 Å². The number of fused-ring (bicyclic) bond motifs is 3. The standard InChI is InChI=1S/C32H31BF6INO6/c1-4-16(8-17-9-23(40)28(42)25(10-17)46-3)5-6-24-26-15(2)7-21-27(22(26)14-33(45)47-24)30(44)41(29(21)43)20-12-18(31(34,35)36)11-19(13-20)32(37,38)39/h8-13,21-22,24,27,42,45H,4-7,14H2,1-3H3/b16-8+/t21-,22+,24-,27-/m1/s1. The number of alkyl halides is 6. The minimum Gasteiger partial charge on any atom is -0.504 e. The highest BCUT2D eigenvalue weighted by molar-refractivity contribution is 14.1. The van der Waals surface area contributed by atoms with E-state index in [-0.39, 0.29) is 24.6 Å². The number of allylic oxidation sites excluding steroid dienone is 2. The second-order valence-corrected chi connectivity index (χ2v) is 13.2. The molecule has 0 spiro atoms. The highest BCUT2D eigenvalue weighted by Crippen LogP contribution is 2.52. The molecule has 5 rings (SSSR count). The number of benzene rings is 2. The molecule has 47 heavy (non-hydrogen) atoms. The average molecular weight is 777 g/mol. The molecule has 2 amide bonds. The lowest BCUT2D eigenvalue weighted by Gasteiger charge is -2.42. The van der Waals surface area contributed by atoms with Crippen molar-refractivity contribution >= 4 is 53.3 Å². The number of nitrogens with zero attached hydrogens (tertiary/aromatic N) is 1. The SMILES string of the molecule is CC/C(=C\c1cc(I)c(O)c(OC)c1)CC[C@H]1OB(O)C[C@H]2C1=C(C)C[C@H]1C(=O)N(c3cc(C(F)(F)F)cc(C(F)(F)F)c3)C(=O)[C@H]12. The maximum atomic E-state index is 13.8. The van der Waals surface area contributed by atoms with Crippen LogP contribution >= 0.6 is 22.6 Å². The lowest BCUT2D eigenvalue weighted by atomic mass is 9.59. The van der Waals surface area contributed by atoms with Crippen molar-refractivity contribution in [1.29, 1.82) is 0 Å². The van der Waals surface area contributed by atoms with Crippen molar-refractivity contribution < 1.29 is 55.5 Å². The molecule has 4 atom stereocenters. The number of aromatic hydroxyl groups is 1. The second kappa shape index (κ2) is 13.1. The van der Waals surface area contributed by atoms with Gasteiger partial charge in [-0.25, -0.2) is 4.90 Å². The molecule has 2 saturated heterocycles. The maximum Gasteiger partial charge on any atom is 0.455 e. The van der Waals surface area contributed by atoms with Crippen molar-refractivity contribution in [3.63, 3.8) is 0 Å². The summed E-state index contributed by atoms with van der Waals surface area (Å²) in [5.74, 6) is -4.22. The lowest BCUT2D eigenvalue weighted by molar-refractivity contribution is -0.143. The van der Waals surface area contributed by atoms with Crippen LogP contribution in [0.15, 0.2) is 47.1 Å². The van der Waals surface area contributed by atoms with E-state index in [1.165, 1.54) is 7.11 Å². The second-order valence-electron chi connectivity index (χ2n) is 12.0. The number of hydrogen-bond donors (Lipinski definition) is 2. The Kier molecular flexibility index (Phi) is 9.83. The largest absolute Gasteiger partial charge is 0.504 e. The number of ether oxygens (including phenoxy) is 1. The third kappa shape index (κ3) is 6.93. The lowest BCUT2D eigenvalue weighted by Crippen LogP contribution is -2.46. The molecule has 2 aromatic carbocycles. The van der Waals surface area contributed by atoms with Crippen LogP contribution in [0.4, 0.5) is 32.0 Å². The summed E-state index contributed by atoms with van der Waals surface area (Å²) in [6, 6.07) is 4.22. The monoisotopic (exact) mass is 777 g/mol. The topological polar surface area (TPSA) is 96.3 Å². The van der Waals surface area contributed by atoms with Gasteiger partial charge >= 0.3 is 19.5 Å². The fourth-order valence-electron chi connectivity index (χ4n) is 6.98. The molecule has 0 unspecified atom stereocenters. The summed E-state index contributed by atoms with van der Waals surface area (Å²) in [6.07, 6.45) is -7.40. The van der Waals surface area contributed by atoms with Crippen LogP contribution in [-0.4, -0.2) is 42.3 Å². The summed E-state index contributed by atoms with van der Waals surface area (Å²) in [5.41, 5.74) is -0.782. The molecule has 2 fully saturated rings. The van der Waals surface area contributed by atoms with Gasteiger partial charge in [-0.05, 0) is 109 Å². The summed E-state index contributed by atoms with van der Waals surface area (Å²) in [4.78, 5) is 27.8. The van der Waals surface area contributed by atoms with Gasteiger partial charge in [0.05, 0.1) is 45.4 Å². The third-order valence-corrected chi connectivity index (χ3v) is 9.93. The smallest absolute Gasteiger partial charge is 0.455 e. The van der Waals surface area contributed by atoms with Crippen LogP contribution in [0.25, 0.3) is 6.08 Å². The van der Waals surface area contributed by atoms with Crippen LogP contribution in [0.3, 0.4) is 0 Å². The number of methoxy groups -OCH3 is 1. The fraction of sp³-hybridized carbons (Fsp3) is 0.438. The van der Waals surface area contributed by atoms with E-state index >= 15 is 0 Å². The summed E-state index contributed by atoms with van der Waals surface area (Å²) in [6.45, 7) is 3.74. The number of amides is 2. The van der Waals surface area contributed by atoms with Crippen molar-refractivity contribution in [2.24, 2.45) is 17.8 Å². The predicted molar refractivity (Wildman–Crippen MR) is 169 cm³/mol. The Morgan fingerprint density at radius 3 is 2.28 bits per heavy atom. The zero-order chi connectivity index (χ0) is 34.6. The van der Waals surface area contributed by atoms with Crippen molar-refractivity contribution in [3.8, 4) is 11.5 Å². The van der Waals surface area contributed by atoms with Gasteiger partial charge in [0.25, 0.3) is 0 Å². The highest BCUT2D eigenvalue weighted by Gasteiger charge is 2.57. The van der Waals surface area contributed by atoms with E-state index in [9.17, 15) is 46.1 Å². The molecular formula is C32H31BF6INO6.